The topological polar surface area (TPSA) is 195 Å². The van der Waals surface area contributed by atoms with Crippen molar-refractivity contribution in [3.8, 4) is 0 Å². The number of unbranched alkanes of at least 4 members (excludes halogenated alkanes) is 2. The number of carboxylic acid groups (broad SMARTS) is 1. The molecule has 1 rings (SSSR count). The summed E-state index contributed by atoms with van der Waals surface area (Å²) < 4.78 is 6.40. The van der Waals surface area contributed by atoms with Gasteiger partial charge in [-0.25, -0.2) is 14.4 Å². The molecule has 1 heterocycles. The molecule has 0 aliphatic heterocycles. The van der Waals surface area contributed by atoms with Crippen LogP contribution in [0.1, 0.15) is 37.7 Å². The molecule has 1 atom stereocenters. The molecule has 0 saturated heterocycles. The lowest BCUT2D eigenvalue weighted by atomic mass is 10.1. The third-order valence-corrected chi connectivity index (χ3v) is 4.00. The molecule has 0 aliphatic rings. The van der Waals surface area contributed by atoms with Crippen LogP contribution in [-0.2, 0) is 16.1 Å². The summed E-state index contributed by atoms with van der Waals surface area (Å²) in [6.07, 6.45) is 3.12. The zero-order valence-corrected chi connectivity index (χ0v) is 16.3. The van der Waals surface area contributed by atoms with Gasteiger partial charge < -0.3 is 31.2 Å². The number of carbonyl (C=O) groups excluding carboxylic acids is 1. The van der Waals surface area contributed by atoms with E-state index >= 15 is 0 Å². The lowest BCUT2D eigenvalue weighted by molar-refractivity contribution is -0.139. The number of aliphatic imine (C=N–C) groups is 1. The van der Waals surface area contributed by atoms with Crippen LogP contribution in [0.15, 0.2) is 20.8 Å². The molecular formula is C17H28N6O6. The highest BCUT2D eigenvalue weighted by Gasteiger charge is 2.20. The summed E-state index contributed by atoms with van der Waals surface area (Å²) >= 11 is 0. The molecule has 0 spiro atoms. The summed E-state index contributed by atoms with van der Waals surface area (Å²) in [6.45, 7) is 2.43. The van der Waals surface area contributed by atoms with Crippen LogP contribution in [0.4, 0.5) is 4.79 Å². The number of carboxylic acids is 1. The first-order chi connectivity index (χ1) is 13.7. The van der Waals surface area contributed by atoms with Gasteiger partial charge in [0.05, 0.1) is 6.61 Å². The van der Waals surface area contributed by atoms with E-state index in [1.165, 1.54) is 10.8 Å². The Balaban J connectivity index is 2.26. The van der Waals surface area contributed by atoms with Gasteiger partial charge in [-0.1, -0.05) is 0 Å². The van der Waals surface area contributed by atoms with E-state index in [1.54, 1.807) is 6.92 Å². The number of aryl methyl sites for hydroxylation is 2. The van der Waals surface area contributed by atoms with Crippen LogP contribution < -0.4 is 28.0 Å². The van der Waals surface area contributed by atoms with E-state index in [0.717, 1.165) is 0 Å². The number of rotatable bonds is 12. The average Bonchev–Trinajstić information content (AvgIpc) is 2.64. The summed E-state index contributed by atoms with van der Waals surface area (Å²) in [7, 11) is 0. The molecule has 1 amide bonds. The first kappa shape index (κ1) is 23.7. The Morgan fingerprint density at radius 1 is 1.28 bits per heavy atom. The summed E-state index contributed by atoms with van der Waals surface area (Å²) in [6, 6.07) is -1.09. The number of guanidine groups is 1. The largest absolute Gasteiger partial charge is 0.480 e. The molecule has 0 bridgehead atoms. The van der Waals surface area contributed by atoms with Crippen LogP contribution in [0.25, 0.3) is 0 Å². The Bertz CT molecular complexity index is 826. The lowest BCUT2D eigenvalue weighted by Gasteiger charge is -2.14. The quantitative estimate of drug-likeness (QED) is 0.168. The lowest BCUT2D eigenvalue weighted by Crippen LogP contribution is -2.41. The van der Waals surface area contributed by atoms with Gasteiger partial charge in [0, 0.05) is 24.8 Å². The maximum absolute atomic E-state index is 11.7. The van der Waals surface area contributed by atoms with Crippen molar-refractivity contribution >= 4 is 18.0 Å². The Hall–Kier alpha value is -3.31. The highest BCUT2D eigenvalue weighted by molar-refractivity contribution is 5.79. The Labute approximate surface area is 167 Å². The van der Waals surface area contributed by atoms with E-state index < -0.39 is 29.4 Å². The number of nitrogens with zero attached hydrogens (tertiary/aromatic N) is 2. The van der Waals surface area contributed by atoms with Crippen LogP contribution in [0.3, 0.4) is 0 Å². The van der Waals surface area contributed by atoms with E-state index in [9.17, 15) is 19.2 Å². The van der Waals surface area contributed by atoms with Gasteiger partial charge in [0.25, 0.3) is 5.56 Å². The van der Waals surface area contributed by atoms with Gasteiger partial charge in [0.2, 0.25) is 0 Å². The molecule has 0 saturated carbocycles. The number of amides is 1. The number of hydrogen-bond donors (Lipinski definition) is 5. The average molecular weight is 412 g/mol. The molecule has 12 nitrogen and oxygen atoms in total. The van der Waals surface area contributed by atoms with E-state index in [-0.39, 0.29) is 25.5 Å². The van der Waals surface area contributed by atoms with E-state index in [0.29, 0.717) is 37.8 Å². The maximum Gasteiger partial charge on any atom is 0.407 e. The molecule has 0 unspecified atom stereocenters. The van der Waals surface area contributed by atoms with Gasteiger partial charge in [-0.2, -0.15) is 0 Å². The van der Waals surface area contributed by atoms with E-state index in [1.807, 2.05) is 0 Å². The van der Waals surface area contributed by atoms with Crippen LogP contribution in [0.2, 0.25) is 0 Å². The molecule has 29 heavy (non-hydrogen) atoms. The number of hydrogen-bond acceptors (Lipinski definition) is 6. The summed E-state index contributed by atoms with van der Waals surface area (Å²) in [5.41, 5.74) is 9.96. The number of nitrogens with two attached hydrogens (primary N) is 2. The monoisotopic (exact) mass is 412 g/mol. The minimum atomic E-state index is -1.17. The molecule has 1 aromatic rings. The molecule has 0 aromatic carbocycles. The molecule has 0 radical (unpaired) electrons. The van der Waals surface area contributed by atoms with Crippen molar-refractivity contribution in [3.05, 3.63) is 32.6 Å². The SMILES string of the molecule is Cc1cn(CCCCCOC(=O)N[C@@H](CCCN=C(N)N)C(=O)O)c(=O)[nH]c1=O. The predicted octanol–water partition coefficient (Wildman–Crippen LogP) is -0.752. The summed E-state index contributed by atoms with van der Waals surface area (Å²) in [5.74, 6) is -1.25. The fraction of sp³-hybridized carbons (Fsp3) is 0.588. The zero-order valence-electron chi connectivity index (χ0n) is 16.3. The van der Waals surface area contributed by atoms with Gasteiger partial charge in [-0.05, 0) is 39.0 Å². The standard InChI is InChI=1S/C17H28N6O6/c1-11-10-23(16(27)22-13(11)24)8-3-2-4-9-29-17(28)21-12(14(25)26)6-5-7-20-15(18)19/h10,12H,2-9H2,1H3,(H,21,28)(H,25,26)(H4,18,19,20)(H,22,24,27)/t12-/m0/s1. The van der Waals surface area contributed by atoms with Gasteiger partial charge in [-0.15, -0.1) is 0 Å². The van der Waals surface area contributed by atoms with Crippen LogP contribution in [0.5, 0.6) is 0 Å². The van der Waals surface area contributed by atoms with Crippen molar-refractivity contribution in [2.45, 2.75) is 51.6 Å². The van der Waals surface area contributed by atoms with Gasteiger partial charge in [0.1, 0.15) is 6.04 Å². The third-order valence-electron chi connectivity index (χ3n) is 4.00. The number of ether oxygens (including phenoxy) is 1. The Morgan fingerprint density at radius 2 is 2.00 bits per heavy atom. The number of aliphatic carboxylic acids is 1. The van der Waals surface area contributed by atoms with Crippen LogP contribution in [0, 0.1) is 6.92 Å². The van der Waals surface area contributed by atoms with Crippen molar-refractivity contribution in [1.82, 2.24) is 14.9 Å². The van der Waals surface area contributed by atoms with Crippen molar-refractivity contribution in [3.63, 3.8) is 0 Å². The van der Waals surface area contributed by atoms with Crippen molar-refractivity contribution < 1.29 is 19.4 Å². The first-order valence-electron chi connectivity index (χ1n) is 9.22. The van der Waals surface area contributed by atoms with Gasteiger partial charge in [0.15, 0.2) is 5.96 Å². The van der Waals surface area contributed by atoms with Gasteiger partial charge in [-0.3, -0.25) is 14.8 Å². The minimum absolute atomic E-state index is 0.0789. The minimum Gasteiger partial charge on any atom is -0.480 e. The number of alkyl carbamates (subject to hydrolysis) is 1. The fourth-order valence-electron chi connectivity index (χ4n) is 2.46. The van der Waals surface area contributed by atoms with E-state index in [4.69, 9.17) is 21.3 Å². The highest BCUT2D eigenvalue weighted by Crippen LogP contribution is 2.01. The second-order valence-corrected chi connectivity index (χ2v) is 6.45. The highest BCUT2D eigenvalue weighted by atomic mass is 16.5. The Morgan fingerprint density at radius 3 is 2.66 bits per heavy atom. The molecule has 12 heteroatoms. The number of aromatic nitrogens is 2. The van der Waals surface area contributed by atoms with Gasteiger partial charge >= 0.3 is 17.8 Å². The van der Waals surface area contributed by atoms with Crippen LogP contribution >= 0.6 is 0 Å². The van der Waals surface area contributed by atoms with E-state index in [2.05, 4.69) is 15.3 Å². The van der Waals surface area contributed by atoms with Crippen molar-refractivity contribution in [2.24, 2.45) is 16.5 Å². The second kappa shape index (κ2) is 12.2. The summed E-state index contributed by atoms with van der Waals surface area (Å²) in [4.78, 5) is 51.8. The van der Waals surface area contributed by atoms with Crippen molar-refractivity contribution in [2.75, 3.05) is 13.2 Å². The maximum atomic E-state index is 11.7. The molecule has 162 valence electrons. The molecule has 0 fully saturated rings. The number of H-pyrrole nitrogens is 1. The smallest absolute Gasteiger partial charge is 0.407 e. The fourth-order valence-corrected chi connectivity index (χ4v) is 2.46. The molecule has 7 N–H and O–H groups in total. The normalized spacial score (nSPS) is 11.5. The molecule has 1 aromatic heterocycles. The molecular weight excluding hydrogens is 384 g/mol. The van der Waals surface area contributed by atoms with Crippen molar-refractivity contribution in [1.29, 1.82) is 0 Å². The number of nitrogens with one attached hydrogen (secondary N) is 2. The zero-order chi connectivity index (χ0) is 21.8. The third kappa shape index (κ3) is 9.44. The number of carbonyl (C=O) groups is 2. The second-order valence-electron chi connectivity index (χ2n) is 6.45. The summed E-state index contributed by atoms with van der Waals surface area (Å²) in [5, 5.41) is 11.4. The Kier molecular flexibility index (Phi) is 9.99. The predicted molar refractivity (Wildman–Crippen MR) is 106 cm³/mol. The number of aromatic amines is 1. The van der Waals surface area contributed by atoms with Crippen LogP contribution in [-0.4, -0.2) is 51.9 Å². The first-order valence-corrected chi connectivity index (χ1v) is 9.22. The molecule has 0 aliphatic carbocycles.